The fourth-order valence-corrected chi connectivity index (χ4v) is 3.46. The van der Waals surface area contributed by atoms with E-state index in [2.05, 4.69) is 0 Å². The normalized spacial score (nSPS) is 9.45. The van der Waals surface area contributed by atoms with Crippen molar-refractivity contribution in [2.75, 3.05) is 0 Å². The topological polar surface area (TPSA) is 74.6 Å². The van der Waals surface area contributed by atoms with Crippen LogP contribution in [0, 0.1) is 0 Å². The van der Waals surface area contributed by atoms with Gasteiger partial charge >= 0.3 is 74.6 Å². The quantitative estimate of drug-likeness (QED) is 0.541. The zero-order valence-electron chi connectivity index (χ0n) is 6.04. The Hall–Kier alpha value is -0.261. The Morgan fingerprint density at radius 1 is 1.00 bits per heavy atom. The number of carboxylic acid groups (broad SMARTS) is 2. The summed E-state index contributed by atoms with van der Waals surface area (Å²) in [4.78, 5) is 20.0. The zero-order valence-corrected chi connectivity index (χ0v) is 8.89. The van der Waals surface area contributed by atoms with Crippen molar-refractivity contribution in [3.05, 3.63) is 0 Å². The first-order chi connectivity index (χ1) is 5.13. The Bertz CT molecular complexity index is 130. The zero-order chi connectivity index (χ0) is 8.69. The predicted octanol–water partition coefficient (Wildman–Crippen LogP) is 0.477. The first kappa shape index (κ1) is 10.7. The van der Waals surface area contributed by atoms with Gasteiger partial charge in [0.15, 0.2) is 0 Å². The third kappa shape index (κ3) is 9.74. The fraction of sp³-hybridized carbons (Fsp3) is 0.667. The van der Waals surface area contributed by atoms with E-state index >= 15 is 0 Å². The third-order valence-electron chi connectivity index (χ3n) is 1.03. The maximum absolute atomic E-state index is 10.0. The van der Waals surface area contributed by atoms with E-state index in [1.807, 2.05) is 0 Å². The molecule has 0 unspecified atom stereocenters. The van der Waals surface area contributed by atoms with E-state index in [0.717, 1.165) is 8.87 Å². The predicted molar refractivity (Wildman–Crippen MR) is 39.9 cm³/mol. The molecule has 0 aromatic rings. The summed E-state index contributed by atoms with van der Waals surface area (Å²) in [5.41, 5.74) is 0. The fourth-order valence-electron chi connectivity index (χ4n) is 0.516. The van der Waals surface area contributed by atoms with Gasteiger partial charge in [0, 0.05) is 0 Å². The molecule has 2 radical (unpaired) electrons. The van der Waals surface area contributed by atoms with Crippen LogP contribution >= 0.6 is 0 Å². The average molecular weight is 265 g/mol. The van der Waals surface area contributed by atoms with Crippen LogP contribution in [-0.4, -0.2) is 43.3 Å². The van der Waals surface area contributed by atoms with Crippen molar-refractivity contribution in [2.45, 2.75) is 21.7 Å². The van der Waals surface area contributed by atoms with E-state index < -0.39 is 33.1 Å². The molecule has 5 heteroatoms. The number of hydrogen-bond donors (Lipinski definition) is 2. The molecule has 0 saturated heterocycles. The number of rotatable bonds is 6. The molecule has 0 aliphatic carbocycles. The summed E-state index contributed by atoms with van der Waals surface area (Å²) < 4.78 is 1.48. The van der Waals surface area contributed by atoms with Gasteiger partial charge in [0.2, 0.25) is 0 Å². The molecule has 0 aliphatic heterocycles. The van der Waals surface area contributed by atoms with Gasteiger partial charge in [-0.3, -0.25) is 0 Å². The van der Waals surface area contributed by atoms with Crippen LogP contribution in [0.1, 0.15) is 12.8 Å². The summed E-state index contributed by atoms with van der Waals surface area (Å²) >= 11 is -0.686. The molecule has 0 spiro atoms. The molecule has 62 valence electrons. The van der Waals surface area contributed by atoms with Crippen LogP contribution in [0.2, 0.25) is 8.87 Å². The Balaban J connectivity index is 3.03. The molecule has 0 saturated carbocycles. The van der Waals surface area contributed by atoms with Crippen molar-refractivity contribution in [2.24, 2.45) is 0 Å². The van der Waals surface area contributed by atoms with Gasteiger partial charge in [-0.25, -0.2) is 0 Å². The molecule has 0 heterocycles. The van der Waals surface area contributed by atoms with Crippen LogP contribution in [0.25, 0.3) is 0 Å². The van der Waals surface area contributed by atoms with Crippen LogP contribution in [-0.2, 0) is 9.59 Å². The molecule has 0 aliphatic rings. The Morgan fingerprint density at radius 2 is 1.36 bits per heavy atom. The van der Waals surface area contributed by atoms with Gasteiger partial charge in [0.1, 0.15) is 0 Å². The van der Waals surface area contributed by atoms with Gasteiger partial charge in [-0.05, 0) is 0 Å². The average Bonchev–Trinajstić information content (AvgIpc) is 1.85. The standard InChI is InChI=1S/2C3H5O2.Sn/c2*1-2-3(4)5;/h2*1-2H2,(H,4,5);. The van der Waals surface area contributed by atoms with E-state index in [1.54, 1.807) is 0 Å². The summed E-state index contributed by atoms with van der Waals surface area (Å²) in [5.74, 6) is -1.55. The van der Waals surface area contributed by atoms with E-state index in [4.69, 9.17) is 10.2 Å². The van der Waals surface area contributed by atoms with Gasteiger partial charge in [-0.15, -0.1) is 0 Å². The molecule has 0 amide bonds. The second-order valence-electron chi connectivity index (χ2n) is 2.04. The molecule has 0 aromatic carbocycles. The summed E-state index contributed by atoms with van der Waals surface area (Å²) in [5, 5.41) is 16.5. The van der Waals surface area contributed by atoms with Crippen LogP contribution in [0.5, 0.6) is 0 Å². The minimum absolute atomic E-state index is 0.214. The van der Waals surface area contributed by atoms with Gasteiger partial charge in [-0.1, -0.05) is 0 Å². The van der Waals surface area contributed by atoms with Gasteiger partial charge in [-0.2, -0.15) is 0 Å². The Labute approximate surface area is 74.8 Å². The minimum atomic E-state index is -0.777. The molecule has 0 aromatic heterocycles. The van der Waals surface area contributed by atoms with Crippen LogP contribution in [0.3, 0.4) is 0 Å². The molecule has 0 atom stereocenters. The van der Waals surface area contributed by atoms with Crippen LogP contribution in [0.4, 0.5) is 0 Å². The van der Waals surface area contributed by atoms with Crippen molar-refractivity contribution < 1.29 is 19.8 Å². The number of hydrogen-bond acceptors (Lipinski definition) is 2. The molecule has 2 N–H and O–H groups in total. The van der Waals surface area contributed by atoms with Crippen molar-refractivity contribution in [1.82, 2.24) is 0 Å². The first-order valence-electron chi connectivity index (χ1n) is 3.27. The maximum atomic E-state index is 10.0. The summed E-state index contributed by atoms with van der Waals surface area (Å²) in [7, 11) is 0. The molecular formula is C6H10O4Sn. The van der Waals surface area contributed by atoms with Crippen molar-refractivity contribution in [3.8, 4) is 0 Å². The summed E-state index contributed by atoms with van der Waals surface area (Å²) in [6.07, 6.45) is 0.428. The van der Waals surface area contributed by atoms with Crippen LogP contribution < -0.4 is 0 Å². The van der Waals surface area contributed by atoms with Gasteiger partial charge in [0.25, 0.3) is 0 Å². The Morgan fingerprint density at radius 3 is 1.64 bits per heavy atom. The van der Waals surface area contributed by atoms with Crippen molar-refractivity contribution >= 4 is 33.1 Å². The van der Waals surface area contributed by atoms with E-state index in [1.165, 1.54) is 0 Å². The van der Waals surface area contributed by atoms with Gasteiger partial charge in [0.05, 0.1) is 0 Å². The Kier molecular flexibility index (Phi) is 6.30. The SMILES string of the molecule is O=C(O)C[CH2][Sn][CH2]CC(=O)O. The number of aliphatic carboxylic acids is 2. The molecule has 0 rings (SSSR count). The number of carboxylic acids is 2. The molecule has 11 heavy (non-hydrogen) atoms. The molecular weight excluding hydrogens is 255 g/mol. The third-order valence-corrected chi connectivity index (χ3v) is 4.48. The molecule has 0 fully saturated rings. The summed E-state index contributed by atoms with van der Waals surface area (Å²) in [6, 6.07) is 0. The van der Waals surface area contributed by atoms with Crippen molar-refractivity contribution in [3.63, 3.8) is 0 Å². The molecule has 0 bridgehead atoms. The van der Waals surface area contributed by atoms with Crippen LogP contribution in [0.15, 0.2) is 0 Å². The van der Waals surface area contributed by atoms with E-state index in [-0.39, 0.29) is 12.8 Å². The van der Waals surface area contributed by atoms with Crippen molar-refractivity contribution in [1.29, 1.82) is 0 Å². The summed E-state index contributed by atoms with van der Waals surface area (Å²) in [6.45, 7) is 0. The molecule has 4 nitrogen and oxygen atoms in total. The second kappa shape index (κ2) is 6.45. The second-order valence-corrected chi connectivity index (χ2v) is 6.32. The number of carbonyl (C=O) groups is 2. The van der Waals surface area contributed by atoms with Gasteiger partial charge < -0.3 is 0 Å². The van der Waals surface area contributed by atoms with E-state index in [9.17, 15) is 9.59 Å². The van der Waals surface area contributed by atoms with E-state index in [0.29, 0.717) is 0 Å². The monoisotopic (exact) mass is 266 g/mol. The first-order valence-corrected chi connectivity index (χ1v) is 7.31.